The van der Waals surface area contributed by atoms with Crippen LogP contribution in [-0.4, -0.2) is 0 Å². The van der Waals surface area contributed by atoms with Gasteiger partial charge in [-0.2, -0.15) is 0 Å². The Bertz CT molecular complexity index is 555. The van der Waals surface area contributed by atoms with E-state index in [9.17, 15) is 8.78 Å². The van der Waals surface area contributed by atoms with Gasteiger partial charge in [-0.1, -0.05) is 11.6 Å². The fourth-order valence-corrected chi connectivity index (χ4v) is 2.47. The van der Waals surface area contributed by atoms with E-state index in [1.165, 1.54) is 12.1 Å². The highest BCUT2D eigenvalue weighted by atomic mass is 127. The molecule has 0 aromatic heterocycles. The first-order chi connectivity index (χ1) is 8.54. The molecule has 18 heavy (non-hydrogen) atoms. The molecule has 2 aromatic carbocycles. The average molecular weight is 380 g/mol. The lowest BCUT2D eigenvalue weighted by molar-refractivity contribution is 0.580. The molecule has 0 radical (unpaired) electrons. The van der Waals surface area contributed by atoms with Crippen LogP contribution < -0.4 is 5.32 Å². The van der Waals surface area contributed by atoms with E-state index in [0.717, 1.165) is 15.3 Å². The Labute approximate surface area is 122 Å². The third-order valence-electron chi connectivity index (χ3n) is 2.34. The van der Waals surface area contributed by atoms with Gasteiger partial charge in [-0.25, -0.2) is 8.78 Å². The van der Waals surface area contributed by atoms with Crippen LogP contribution in [0.2, 0.25) is 5.02 Å². The van der Waals surface area contributed by atoms with Crippen molar-refractivity contribution in [3.63, 3.8) is 0 Å². The van der Waals surface area contributed by atoms with Gasteiger partial charge in [-0.05, 0) is 58.5 Å². The van der Waals surface area contributed by atoms with Gasteiger partial charge < -0.3 is 5.32 Å². The lowest BCUT2D eigenvalue weighted by Crippen LogP contribution is -2.01. The summed E-state index contributed by atoms with van der Waals surface area (Å²) in [6.07, 6.45) is 0. The van der Waals surface area contributed by atoms with E-state index in [-0.39, 0.29) is 0 Å². The van der Waals surface area contributed by atoms with Crippen molar-refractivity contribution < 1.29 is 8.78 Å². The number of hydrogen-bond acceptors (Lipinski definition) is 1. The van der Waals surface area contributed by atoms with E-state index in [0.29, 0.717) is 17.1 Å². The van der Waals surface area contributed by atoms with Gasteiger partial charge in [-0.3, -0.25) is 0 Å². The van der Waals surface area contributed by atoms with E-state index in [1.54, 1.807) is 0 Å². The first-order valence-corrected chi connectivity index (χ1v) is 6.64. The lowest BCUT2D eigenvalue weighted by atomic mass is 10.2. The van der Waals surface area contributed by atoms with Gasteiger partial charge in [0.1, 0.15) is 11.6 Å². The molecule has 0 aliphatic heterocycles. The van der Waals surface area contributed by atoms with E-state index in [4.69, 9.17) is 11.6 Å². The van der Waals surface area contributed by atoms with Crippen molar-refractivity contribution >= 4 is 39.9 Å². The highest BCUT2D eigenvalue weighted by molar-refractivity contribution is 14.1. The Hall–Kier alpha value is -0.880. The Morgan fingerprint density at radius 2 is 1.72 bits per heavy atom. The second kappa shape index (κ2) is 5.84. The Morgan fingerprint density at radius 1 is 1.06 bits per heavy atom. The zero-order chi connectivity index (χ0) is 13.1. The molecule has 0 spiro atoms. The number of nitrogens with one attached hydrogen (secondary N) is 1. The Kier molecular flexibility index (Phi) is 4.40. The van der Waals surface area contributed by atoms with Crippen LogP contribution in [0.25, 0.3) is 0 Å². The standard InChI is InChI=1S/C13H9ClF2IN/c14-12-6-11(17)1-2-13(12)18-7-8-3-9(15)5-10(16)4-8/h1-6,18H,7H2. The van der Waals surface area contributed by atoms with Crippen molar-refractivity contribution in [1.82, 2.24) is 0 Å². The summed E-state index contributed by atoms with van der Waals surface area (Å²) < 4.78 is 27.0. The normalized spacial score (nSPS) is 10.4. The average Bonchev–Trinajstić information content (AvgIpc) is 2.26. The maximum Gasteiger partial charge on any atom is 0.126 e. The van der Waals surface area contributed by atoms with Gasteiger partial charge >= 0.3 is 0 Å². The number of anilines is 1. The largest absolute Gasteiger partial charge is 0.380 e. The smallest absolute Gasteiger partial charge is 0.126 e. The topological polar surface area (TPSA) is 12.0 Å². The highest BCUT2D eigenvalue weighted by Crippen LogP contribution is 2.24. The molecule has 0 saturated heterocycles. The number of rotatable bonds is 3. The third kappa shape index (κ3) is 3.55. The summed E-state index contributed by atoms with van der Waals surface area (Å²) in [7, 11) is 0. The number of halogens is 4. The maximum atomic E-state index is 13.0. The van der Waals surface area contributed by atoms with Crippen LogP contribution in [0.5, 0.6) is 0 Å². The summed E-state index contributed by atoms with van der Waals surface area (Å²) in [6.45, 7) is 0.314. The van der Waals surface area contributed by atoms with E-state index in [2.05, 4.69) is 27.9 Å². The molecule has 0 aliphatic carbocycles. The molecular weight excluding hydrogens is 371 g/mol. The molecular formula is C13H9ClF2IN. The molecule has 0 atom stereocenters. The van der Waals surface area contributed by atoms with Crippen molar-refractivity contribution in [3.05, 3.63) is 62.2 Å². The summed E-state index contributed by atoms with van der Waals surface area (Å²) in [5, 5.41) is 3.62. The van der Waals surface area contributed by atoms with Crippen molar-refractivity contribution in [2.24, 2.45) is 0 Å². The van der Waals surface area contributed by atoms with Crippen LogP contribution >= 0.6 is 34.2 Å². The minimum atomic E-state index is -0.583. The molecule has 0 heterocycles. The SMILES string of the molecule is Fc1cc(F)cc(CNc2ccc(I)cc2Cl)c1. The van der Waals surface area contributed by atoms with Crippen LogP contribution in [0, 0.1) is 15.2 Å². The predicted molar refractivity (Wildman–Crippen MR) is 77.9 cm³/mol. The first-order valence-electron chi connectivity index (χ1n) is 5.18. The molecule has 5 heteroatoms. The third-order valence-corrected chi connectivity index (χ3v) is 3.32. The summed E-state index contributed by atoms with van der Waals surface area (Å²) in [4.78, 5) is 0. The molecule has 2 aromatic rings. The fraction of sp³-hybridized carbons (Fsp3) is 0.0769. The predicted octanol–water partition coefficient (Wildman–Crippen LogP) is 4.83. The molecule has 0 amide bonds. The number of benzene rings is 2. The van der Waals surface area contributed by atoms with E-state index in [1.807, 2.05) is 18.2 Å². The first kappa shape index (κ1) is 13.5. The van der Waals surface area contributed by atoms with Gasteiger partial charge in [0.05, 0.1) is 10.7 Å². The van der Waals surface area contributed by atoms with E-state index < -0.39 is 11.6 Å². The molecule has 0 fully saturated rings. The van der Waals surface area contributed by atoms with Crippen molar-refractivity contribution in [2.45, 2.75) is 6.54 Å². The van der Waals surface area contributed by atoms with E-state index >= 15 is 0 Å². The Morgan fingerprint density at radius 3 is 2.33 bits per heavy atom. The van der Waals surface area contributed by atoms with Crippen molar-refractivity contribution in [3.8, 4) is 0 Å². The van der Waals surface area contributed by atoms with Crippen LogP contribution in [0.3, 0.4) is 0 Å². The number of hydrogen-bond donors (Lipinski definition) is 1. The summed E-state index contributed by atoms with van der Waals surface area (Å²) >= 11 is 8.20. The minimum absolute atomic E-state index is 0.314. The van der Waals surface area contributed by atoms with Crippen LogP contribution in [0.15, 0.2) is 36.4 Å². The van der Waals surface area contributed by atoms with Crippen LogP contribution in [0.1, 0.15) is 5.56 Å². The highest BCUT2D eigenvalue weighted by Gasteiger charge is 2.03. The van der Waals surface area contributed by atoms with Gasteiger partial charge in [-0.15, -0.1) is 0 Å². The summed E-state index contributed by atoms with van der Waals surface area (Å²) in [5.41, 5.74) is 1.27. The van der Waals surface area contributed by atoms with Crippen molar-refractivity contribution in [2.75, 3.05) is 5.32 Å². The Balaban J connectivity index is 2.11. The molecule has 94 valence electrons. The van der Waals surface area contributed by atoms with Gasteiger partial charge in [0.15, 0.2) is 0 Å². The van der Waals surface area contributed by atoms with Crippen LogP contribution in [0.4, 0.5) is 14.5 Å². The lowest BCUT2D eigenvalue weighted by Gasteiger charge is -2.09. The maximum absolute atomic E-state index is 13.0. The van der Waals surface area contributed by atoms with Crippen LogP contribution in [-0.2, 0) is 6.54 Å². The van der Waals surface area contributed by atoms with Gasteiger partial charge in [0.2, 0.25) is 0 Å². The molecule has 1 N–H and O–H groups in total. The zero-order valence-corrected chi connectivity index (χ0v) is 12.1. The molecule has 0 bridgehead atoms. The summed E-state index contributed by atoms with van der Waals surface area (Å²) in [5.74, 6) is -1.17. The second-order valence-electron chi connectivity index (χ2n) is 3.76. The van der Waals surface area contributed by atoms with Gasteiger partial charge in [0.25, 0.3) is 0 Å². The minimum Gasteiger partial charge on any atom is -0.380 e. The molecule has 1 nitrogen and oxygen atoms in total. The molecule has 2 rings (SSSR count). The zero-order valence-electron chi connectivity index (χ0n) is 9.18. The molecule has 0 saturated carbocycles. The molecule has 0 unspecified atom stereocenters. The second-order valence-corrected chi connectivity index (χ2v) is 5.41. The monoisotopic (exact) mass is 379 g/mol. The van der Waals surface area contributed by atoms with Crippen molar-refractivity contribution in [1.29, 1.82) is 0 Å². The quantitative estimate of drug-likeness (QED) is 0.753. The molecule has 0 aliphatic rings. The fourth-order valence-electron chi connectivity index (χ4n) is 1.54. The van der Waals surface area contributed by atoms with Gasteiger partial charge in [0, 0.05) is 16.2 Å². The summed E-state index contributed by atoms with van der Waals surface area (Å²) in [6, 6.07) is 8.98.